The second-order valence-electron chi connectivity index (χ2n) is 8.61. The summed E-state index contributed by atoms with van der Waals surface area (Å²) in [5.74, 6) is 2.58. The first-order valence-electron chi connectivity index (χ1n) is 11.3. The number of ether oxygens (including phenoxy) is 2. The van der Waals surface area contributed by atoms with Crippen molar-refractivity contribution in [3.05, 3.63) is 76.2 Å². The lowest BCUT2D eigenvalue weighted by Gasteiger charge is -2.30. The Labute approximate surface area is 212 Å². The summed E-state index contributed by atoms with van der Waals surface area (Å²) in [5, 5.41) is 2.88. The second-order valence-corrected chi connectivity index (χ2v) is 9.53. The molecule has 0 bridgehead atoms. The molecule has 1 aliphatic heterocycles. The number of carbonyl (C=O) groups excluding carboxylic acids is 2. The third-order valence-electron chi connectivity index (χ3n) is 5.57. The van der Waals surface area contributed by atoms with Gasteiger partial charge in [0.15, 0.2) is 11.5 Å². The molecule has 1 aliphatic rings. The van der Waals surface area contributed by atoms with Crippen molar-refractivity contribution in [2.24, 2.45) is 0 Å². The van der Waals surface area contributed by atoms with Crippen LogP contribution in [-0.2, 0) is 17.9 Å². The van der Waals surface area contributed by atoms with Crippen LogP contribution in [0.4, 0.5) is 10.5 Å². The highest BCUT2D eigenvalue weighted by Crippen LogP contribution is 2.33. The molecule has 8 nitrogen and oxygen atoms in total. The first-order valence-corrected chi connectivity index (χ1v) is 12.1. The summed E-state index contributed by atoms with van der Waals surface area (Å²) >= 11 is 3.41. The number of anilines is 1. The Kier molecular flexibility index (Phi) is 7.65. The molecule has 2 aromatic carbocycles. The summed E-state index contributed by atoms with van der Waals surface area (Å²) < 4.78 is 17.5. The number of hydrogen-bond acceptors (Lipinski definition) is 5. The number of furan rings is 1. The number of fused-ring (bicyclic) bond motifs is 1. The van der Waals surface area contributed by atoms with Crippen molar-refractivity contribution < 1.29 is 23.5 Å². The first kappa shape index (κ1) is 24.7. The van der Waals surface area contributed by atoms with Crippen LogP contribution >= 0.6 is 15.9 Å². The monoisotopic (exact) mass is 541 g/mol. The minimum atomic E-state index is -0.344. The van der Waals surface area contributed by atoms with E-state index in [1.54, 1.807) is 11.0 Å². The molecule has 0 spiro atoms. The van der Waals surface area contributed by atoms with Crippen molar-refractivity contribution in [3.8, 4) is 11.5 Å². The predicted molar refractivity (Wildman–Crippen MR) is 135 cm³/mol. The SMILES string of the molecule is Cc1ccc(CN(Cc2ccc3c(c2)OCO3)C(=O)CN(C(=O)Nc2cccc(Br)c2)C(C)C)o1. The van der Waals surface area contributed by atoms with Crippen LogP contribution < -0.4 is 14.8 Å². The van der Waals surface area contributed by atoms with Crippen LogP contribution in [0, 0.1) is 6.92 Å². The number of nitrogens with zero attached hydrogens (tertiary/aromatic N) is 2. The second kappa shape index (κ2) is 10.9. The van der Waals surface area contributed by atoms with Crippen molar-refractivity contribution >= 4 is 33.6 Å². The summed E-state index contributed by atoms with van der Waals surface area (Å²) in [6, 6.07) is 16.1. The van der Waals surface area contributed by atoms with Gasteiger partial charge in [0.2, 0.25) is 12.7 Å². The van der Waals surface area contributed by atoms with E-state index in [9.17, 15) is 9.59 Å². The number of urea groups is 1. The molecule has 1 N–H and O–H groups in total. The molecule has 0 unspecified atom stereocenters. The number of hydrogen-bond donors (Lipinski definition) is 1. The average Bonchev–Trinajstić information content (AvgIpc) is 3.44. The molecule has 184 valence electrons. The van der Waals surface area contributed by atoms with E-state index in [0.29, 0.717) is 29.5 Å². The van der Waals surface area contributed by atoms with Gasteiger partial charge in [0.25, 0.3) is 0 Å². The lowest BCUT2D eigenvalue weighted by molar-refractivity contribution is -0.133. The normalized spacial score (nSPS) is 12.0. The fourth-order valence-electron chi connectivity index (χ4n) is 3.75. The molecule has 0 atom stereocenters. The number of aryl methyl sites for hydroxylation is 1. The van der Waals surface area contributed by atoms with Crippen molar-refractivity contribution in [3.63, 3.8) is 0 Å². The van der Waals surface area contributed by atoms with Crippen LogP contribution in [0.5, 0.6) is 11.5 Å². The van der Waals surface area contributed by atoms with E-state index in [1.807, 2.05) is 69.3 Å². The van der Waals surface area contributed by atoms with Gasteiger partial charge in [-0.15, -0.1) is 0 Å². The van der Waals surface area contributed by atoms with E-state index in [0.717, 1.165) is 15.8 Å². The quantitative estimate of drug-likeness (QED) is 0.404. The van der Waals surface area contributed by atoms with Gasteiger partial charge in [0.05, 0.1) is 6.54 Å². The van der Waals surface area contributed by atoms with Crippen LogP contribution in [0.3, 0.4) is 0 Å². The Morgan fingerprint density at radius 3 is 2.54 bits per heavy atom. The number of amides is 3. The maximum atomic E-state index is 13.5. The zero-order valence-corrected chi connectivity index (χ0v) is 21.5. The highest BCUT2D eigenvalue weighted by molar-refractivity contribution is 9.10. The van der Waals surface area contributed by atoms with Gasteiger partial charge in [0.1, 0.15) is 18.1 Å². The molecule has 1 aromatic heterocycles. The van der Waals surface area contributed by atoms with Gasteiger partial charge in [0, 0.05) is 22.7 Å². The van der Waals surface area contributed by atoms with E-state index in [4.69, 9.17) is 13.9 Å². The van der Waals surface area contributed by atoms with Gasteiger partial charge in [-0.1, -0.05) is 28.1 Å². The Morgan fingerprint density at radius 1 is 1.03 bits per heavy atom. The maximum absolute atomic E-state index is 13.5. The van der Waals surface area contributed by atoms with E-state index >= 15 is 0 Å². The van der Waals surface area contributed by atoms with E-state index in [1.165, 1.54) is 4.90 Å². The minimum Gasteiger partial charge on any atom is -0.464 e. The lowest BCUT2D eigenvalue weighted by Crippen LogP contribution is -2.47. The highest BCUT2D eigenvalue weighted by Gasteiger charge is 2.25. The van der Waals surface area contributed by atoms with Crippen LogP contribution in [-0.4, -0.2) is 41.1 Å². The van der Waals surface area contributed by atoms with Crippen molar-refractivity contribution in [1.82, 2.24) is 9.80 Å². The molecule has 0 saturated carbocycles. The van der Waals surface area contributed by atoms with Gasteiger partial charge in [-0.25, -0.2) is 4.79 Å². The molecule has 3 amide bonds. The predicted octanol–water partition coefficient (Wildman–Crippen LogP) is 5.55. The third kappa shape index (κ3) is 6.36. The van der Waals surface area contributed by atoms with Gasteiger partial charge < -0.3 is 29.0 Å². The smallest absolute Gasteiger partial charge is 0.322 e. The Balaban J connectivity index is 1.51. The van der Waals surface area contributed by atoms with Crippen LogP contribution in [0.25, 0.3) is 0 Å². The van der Waals surface area contributed by atoms with Crippen molar-refractivity contribution in [1.29, 1.82) is 0 Å². The topological polar surface area (TPSA) is 84.2 Å². The highest BCUT2D eigenvalue weighted by atomic mass is 79.9. The van der Waals surface area contributed by atoms with Crippen LogP contribution in [0.15, 0.2) is 63.5 Å². The number of nitrogens with one attached hydrogen (secondary N) is 1. The molecule has 35 heavy (non-hydrogen) atoms. The Bertz CT molecular complexity index is 1210. The largest absolute Gasteiger partial charge is 0.464 e. The molecule has 4 rings (SSSR count). The van der Waals surface area contributed by atoms with Crippen LogP contribution in [0.1, 0.15) is 30.9 Å². The van der Waals surface area contributed by atoms with E-state index in [2.05, 4.69) is 21.2 Å². The molecule has 0 saturated heterocycles. The van der Waals surface area contributed by atoms with Gasteiger partial charge in [-0.2, -0.15) is 0 Å². The third-order valence-corrected chi connectivity index (χ3v) is 6.06. The van der Waals surface area contributed by atoms with E-state index < -0.39 is 0 Å². The Morgan fingerprint density at radius 2 is 1.83 bits per heavy atom. The standard InChI is InChI=1S/C26H28BrN3O5/c1-17(2)30(26(32)28-21-6-4-5-20(27)12-21)15-25(31)29(14-22-9-7-18(3)35-22)13-19-8-10-23-24(11-19)34-16-33-23/h4-12,17H,13-16H2,1-3H3,(H,28,32). The molecule has 2 heterocycles. The Hall–Kier alpha value is -3.46. The molecule has 0 radical (unpaired) electrons. The first-order chi connectivity index (χ1) is 16.8. The average molecular weight is 542 g/mol. The molecule has 3 aromatic rings. The van der Waals surface area contributed by atoms with Crippen LogP contribution in [0.2, 0.25) is 0 Å². The van der Waals surface area contributed by atoms with E-state index in [-0.39, 0.29) is 37.9 Å². The summed E-state index contributed by atoms with van der Waals surface area (Å²) in [5.41, 5.74) is 1.53. The number of halogens is 1. The summed E-state index contributed by atoms with van der Waals surface area (Å²) in [6.07, 6.45) is 0. The molecular weight excluding hydrogens is 514 g/mol. The molecule has 0 aliphatic carbocycles. The molecule has 9 heteroatoms. The van der Waals surface area contributed by atoms with Gasteiger partial charge in [-0.3, -0.25) is 4.79 Å². The zero-order chi connectivity index (χ0) is 24.9. The summed E-state index contributed by atoms with van der Waals surface area (Å²) in [7, 11) is 0. The van der Waals surface area contributed by atoms with Crippen molar-refractivity contribution in [2.75, 3.05) is 18.7 Å². The fourth-order valence-corrected chi connectivity index (χ4v) is 4.15. The van der Waals surface area contributed by atoms with Gasteiger partial charge >= 0.3 is 6.03 Å². The van der Waals surface area contributed by atoms with Crippen molar-refractivity contribution in [2.45, 2.75) is 39.9 Å². The lowest BCUT2D eigenvalue weighted by atomic mass is 10.1. The fraction of sp³-hybridized carbons (Fsp3) is 0.308. The number of benzene rings is 2. The number of rotatable bonds is 8. The number of carbonyl (C=O) groups is 2. The summed E-state index contributed by atoms with van der Waals surface area (Å²) in [6.45, 7) is 6.33. The van der Waals surface area contributed by atoms with Gasteiger partial charge in [-0.05, 0) is 68.8 Å². The molecular formula is C26H28BrN3O5. The summed E-state index contributed by atoms with van der Waals surface area (Å²) in [4.78, 5) is 29.8. The maximum Gasteiger partial charge on any atom is 0.322 e. The zero-order valence-electron chi connectivity index (χ0n) is 19.9. The minimum absolute atomic E-state index is 0.0816. The molecule has 0 fully saturated rings.